The van der Waals surface area contributed by atoms with Crippen LogP contribution in [-0.2, 0) is 6.18 Å². The molecule has 35 heavy (non-hydrogen) atoms. The first-order valence-corrected chi connectivity index (χ1v) is 12.0. The first-order valence-electron chi connectivity index (χ1n) is 11.2. The highest BCUT2D eigenvalue weighted by Crippen LogP contribution is 2.37. The van der Waals surface area contributed by atoms with Crippen molar-refractivity contribution >= 4 is 39.2 Å². The SMILES string of the molecule is CCN1CC[C@@H](C)N(C(=O)Nc2cc(C)nc(Br)c2)c2nc(-c3cccc(C(F)(F)F)c3)ccc21. The number of halogens is 4. The number of aromatic nitrogens is 2. The number of fused-ring (bicyclic) bond motifs is 1. The van der Waals surface area contributed by atoms with Gasteiger partial charge in [0.15, 0.2) is 5.82 Å². The second-order valence-corrected chi connectivity index (χ2v) is 9.27. The molecule has 10 heteroatoms. The van der Waals surface area contributed by atoms with Gasteiger partial charge < -0.3 is 10.2 Å². The number of amides is 2. The smallest absolute Gasteiger partial charge is 0.369 e. The van der Waals surface area contributed by atoms with Gasteiger partial charge in [0, 0.05) is 36.1 Å². The molecule has 3 aromatic rings. The fourth-order valence-electron chi connectivity index (χ4n) is 4.19. The Morgan fingerprint density at radius 3 is 2.63 bits per heavy atom. The molecule has 0 saturated heterocycles. The van der Waals surface area contributed by atoms with E-state index >= 15 is 0 Å². The molecule has 0 fully saturated rings. The van der Waals surface area contributed by atoms with Gasteiger partial charge >= 0.3 is 12.2 Å². The lowest BCUT2D eigenvalue weighted by molar-refractivity contribution is -0.137. The largest absolute Gasteiger partial charge is 0.416 e. The van der Waals surface area contributed by atoms with E-state index in [1.807, 2.05) is 26.8 Å². The summed E-state index contributed by atoms with van der Waals surface area (Å²) >= 11 is 3.35. The van der Waals surface area contributed by atoms with E-state index in [4.69, 9.17) is 4.98 Å². The van der Waals surface area contributed by atoms with Crippen molar-refractivity contribution in [3.63, 3.8) is 0 Å². The van der Waals surface area contributed by atoms with Crippen molar-refractivity contribution < 1.29 is 18.0 Å². The summed E-state index contributed by atoms with van der Waals surface area (Å²) in [6.07, 6.45) is -3.76. The van der Waals surface area contributed by atoms with E-state index in [1.54, 1.807) is 29.2 Å². The van der Waals surface area contributed by atoms with E-state index in [0.717, 1.165) is 30.1 Å². The predicted molar refractivity (Wildman–Crippen MR) is 135 cm³/mol. The Morgan fingerprint density at radius 1 is 1.17 bits per heavy atom. The number of hydrogen-bond acceptors (Lipinski definition) is 4. The highest BCUT2D eigenvalue weighted by Gasteiger charge is 2.33. The number of nitrogens with one attached hydrogen (secondary N) is 1. The fourth-order valence-corrected chi connectivity index (χ4v) is 4.72. The number of pyridine rings is 2. The summed E-state index contributed by atoms with van der Waals surface area (Å²) in [5, 5.41) is 2.92. The molecule has 0 saturated carbocycles. The van der Waals surface area contributed by atoms with Crippen molar-refractivity contribution in [2.75, 3.05) is 28.2 Å². The molecule has 3 heterocycles. The molecule has 0 bridgehead atoms. The lowest BCUT2D eigenvalue weighted by Gasteiger charge is -2.28. The van der Waals surface area contributed by atoms with E-state index in [9.17, 15) is 18.0 Å². The first kappa shape index (κ1) is 25.0. The molecule has 2 aromatic heterocycles. The second kappa shape index (κ2) is 9.85. The summed E-state index contributed by atoms with van der Waals surface area (Å²) in [4.78, 5) is 26.2. The van der Waals surface area contributed by atoms with E-state index < -0.39 is 11.7 Å². The molecular weight excluding hydrogens is 523 g/mol. The summed E-state index contributed by atoms with van der Waals surface area (Å²) in [5.41, 5.74) is 2.02. The number of aryl methyl sites for hydroxylation is 1. The lowest BCUT2D eigenvalue weighted by Crippen LogP contribution is -2.42. The maximum absolute atomic E-state index is 13.5. The van der Waals surface area contributed by atoms with Gasteiger partial charge in [-0.05, 0) is 79.5 Å². The number of urea groups is 1. The molecule has 6 nitrogen and oxygen atoms in total. The molecule has 0 unspecified atom stereocenters. The number of hydrogen-bond donors (Lipinski definition) is 1. The van der Waals surface area contributed by atoms with Crippen LogP contribution in [0.5, 0.6) is 0 Å². The molecule has 1 aliphatic heterocycles. The summed E-state index contributed by atoms with van der Waals surface area (Å²) in [6, 6.07) is 11.5. The monoisotopic (exact) mass is 547 g/mol. The third-order valence-corrected chi connectivity index (χ3v) is 6.35. The van der Waals surface area contributed by atoms with Gasteiger partial charge in [-0.2, -0.15) is 13.2 Å². The van der Waals surface area contributed by atoms with Gasteiger partial charge in [-0.1, -0.05) is 12.1 Å². The predicted octanol–water partition coefficient (Wildman–Crippen LogP) is 6.89. The first-order chi connectivity index (χ1) is 16.6. The molecule has 2 amide bonds. The Labute approximate surface area is 210 Å². The van der Waals surface area contributed by atoms with Gasteiger partial charge in [0.2, 0.25) is 0 Å². The second-order valence-electron chi connectivity index (χ2n) is 8.46. The van der Waals surface area contributed by atoms with Crippen LogP contribution >= 0.6 is 15.9 Å². The molecule has 1 aliphatic rings. The van der Waals surface area contributed by atoms with Crippen LogP contribution in [0.1, 0.15) is 31.5 Å². The number of nitrogens with zero attached hydrogens (tertiary/aromatic N) is 4. The summed E-state index contributed by atoms with van der Waals surface area (Å²) in [5.74, 6) is 0.411. The quantitative estimate of drug-likeness (QED) is 0.362. The lowest BCUT2D eigenvalue weighted by atomic mass is 10.1. The highest BCUT2D eigenvalue weighted by atomic mass is 79.9. The van der Waals surface area contributed by atoms with Crippen LogP contribution < -0.4 is 15.1 Å². The number of carbonyl (C=O) groups is 1. The Kier molecular flexibility index (Phi) is 7.02. The molecule has 0 radical (unpaired) electrons. The van der Waals surface area contributed by atoms with Gasteiger partial charge in [-0.3, -0.25) is 4.90 Å². The average Bonchev–Trinajstić information content (AvgIpc) is 2.93. The number of benzene rings is 1. The molecule has 1 atom stereocenters. The fraction of sp³-hybridized carbons (Fsp3) is 0.320. The maximum Gasteiger partial charge on any atom is 0.416 e. The zero-order valence-electron chi connectivity index (χ0n) is 19.5. The zero-order valence-corrected chi connectivity index (χ0v) is 21.1. The van der Waals surface area contributed by atoms with Crippen molar-refractivity contribution in [3.05, 3.63) is 64.4 Å². The Bertz CT molecular complexity index is 1230. The van der Waals surface area contributed by atoms with Crippen molar-refractivity contribution in [2.45, 2.75) is 39.4 Å². The summed E-state index contributed by atoms with van der Waals surface area (Å²) < 4.78 is 40.5. The maximum atomic E-state index is 13.5. The number of anilines is 3. The average molecular weight is 548 g/mol. The van der Waals surface area contributed by atoms with Gasteiger partial charge in [0.1, 0.15) is 4.60 Å². The van der Waals surface area contributed by atoms with Crippen molar-refractivity contribution in [2.24, 2.45) is 0 Å². The Balaban J connectivity index is 1.78. The Morgan fingerprint density at radius 2 is 1.94 bits per heavy atom. The third kappa shape index (κ3) is 5.42. The van der Waals surface area contributed by atoms with Crippen molar-refractivity contribution in [1.82, 2.24) is 9.97 Å². The molecule has 0 spiro atoms. The zero-order chi connectivity index (χ0) is 25.3. The minimum atomic E-state index is -4.46. The van der Waals surface area contributed by atoms with Gasteiger partial charge in [-0.25, -0.2) is 14.8 Å². The van der Waals surface area contributed by atoms with Crippen LogP contribution in [0.15, 0.2) is 53.1 Å². The Hall–Kier alpha value is -3.14. The van der Waals surface area contributed by atoms with Crippen molar-refractivity contribution in [3.8, 4) is 11.3 Å². The molecule has 184 valence electrons. The van der Waals surface area contributed by atoms with Crippen LogP contribution in [0.25, 0.3) is 11.3 Å². The van der Waals surface area contributed by atoms with Crippen LogP contribution in [0.3, 0.4) is 0 Å². The van der Waals surface area contributed by atoms with Crippen molar-refractivity contribution in [1.29, 1.82) is 0 Å². The van der Waals surface area contributed by atoms with Crippen LogP contribution in [0.2, 0.25) is 0 Å². The van der Waals surface area contributed by atoms with Gasteiger partial charge in [0.25, 0.3) is 0 Å². The molecule has 1 N–H and O–H groups in total. The normalized spacial score (nSPS) is 16.0. The minimum Gasteiger partial charge on any atom is -0.369 e. The highest BCUT2D eigenvalue weighted by molar-refractivity contribution is 9.10. The topological polar surface area (TPSA) is 61.4 Å². The summed E-state index contributed by atoms with van der Waals surface area (Å²) in [7, 11) is 0. The van der Waals surface area contributed by atoms with Crippen LogP contribution in [-0.4, -0.2) is 35.1 Å². The molecule has 4 rings (SSSR count). The molecular formula is C25H25BrF3N5O. The minimum absolute atomic E-state index is 0.194. The van der Waals surface area contributed by atoms with Gasteiger partial charge in [-0.15, -0.1) is 0 Å². The number of carbonyl (C=O) groups excluding carboxylic acids is 1. The number of alkyl halides is 3. The van der Waals surface area contributed by atoms with E-state index in [-0.39, 0.29) is 12.1 Å². The van der Waals surface area contributed by atoms with E-state index in [2.05, 4.69) is 31.1 Å². The molecule has 1 aromatic carbocycles. The van der Waals surface area contributed by atoms with Crippen LogP contribution in [0, 0.1) is 6.92 Å². The van der Waals surface area contributed by atoms with E-state index in [0.29, 0.717) is 40.3 Å². The van der Waals surface area contributed by atoms with Gasteiger partial charge in [0.05, 0.1) is 16.9 Å². The van der Waals surface area contributed by atoms with E-state index in [1.165, 1.54) is 6.07 Å². The summed E-state index contributed by atoms with van der Waals surface area (Å²) in [6.45, 7) is 7.21. The third-order valence-electron chi connectivity index (χ3n) is 5.94. The van der Waals surface area contributed by atoms with Crippen LogP contribution in [0.4, 0.5) is 35.2 Å². The molecule has 0 aliphatic carbocycles. The standard InChI is InChI=1S/C25H25BrF3N5O/c1-4-33-11-10-16(3)34(24(35)31-19-12-15(2)30-22(26)14-19)23-21(33)9-8-20(32-23)17-6-5-7-18(13-17)25(27,28)29/h5-9,12-14,16H,4,10-11H2,1-3H3,(H,30,31,35)/t16-/m1/s1. The number of rotatable bonds is 3.